The summed E-state index contributed by atoms with van der Waals surface area (Å²) >= 11 is 3.44. The van der Waals surface area contributed by atoms with Crippen molar-refractivity contribution in [3.05, 3.63) is 22.4 Å². The number of fused-ring (bicyclic) bond motifs is 1. The van der Waals surface area contributed by atoms with E-state index in [2.05, 4.69) is 15.9 Å². The second kappa shape index (κ2) is 3.77. The molecule has 1 aromatic carbocycles. The molecule has 2 aromatic rings. The number of methoxy groups -OCH3 is 2. The zero-order chi connectivity index (χ0) is 11.0. The molecule has 0 radical (unpaired) electrons. The Morgan fingerprint density at radius 2 is 1.93 bits per heavy atom. The lowest BCUT2D eigenvalue weighted by Gasteiger charge is -2.08. The summed E-state index contributed by atoms with van der Waals surface area (Å²) in [5, 5.41) is 0.918. The van der Waals surface area contributed by atoms with Crippen LogP contribution in [0.3, 0.4) is 0 Å². The van der Waals surface area contributed by atoms with E-state index in [9.17, 15) is 0 Å². The van der Waals surface area contributed by atoms with E-state index < -0.39 is 0 Å². The molecule has 0 saturated heterocycles. The van der Waals surface area contributed by atoms with Gasteiger partial charge in [0.05, 0.1) is 24.1 Å². The first-order chi connectivity index (χ1) is 7.17. The van der Waals surface area contributed by atoms with E-state index in [1.807, 2.05) is 19.1 Å². The van der Waals surface area contributed by atoms with E-state index in [1.165, 1.54) is 0 Å². The molecule has 0 aliphatic heterocycles. The third-order valence-corrected chi connectivity index (χ3v) is 2.81. The molecule has 3 nitrogen and oxygen atoms in total. The van der Waals surface area contributed by atoms with Gasteiger partial charge in [-0.15, -0.1) is 0 Å². The first kappa shape index (κ1) is 10.4. The highest BCUT2D eigenvalue weighted by atomic mass is 79.9. The fourth-order valence-corrected chi connectivity index (χ4v) is 2.10. The second-order valence-electron chi connectivity index (χ2n) is 3.19. The summed E-state index contributed by atoms with van der Waals surface area (Å²) in [5.41, 5.74) is 0.783. The summed E-state index contributed by atoms with van der Waals surface area (Å²) in [7, 11) is 3.23. The Kier molecular flexibility index (Phi) is 2.61. The zero-order valence-electron chi connectivity index (χ0n) is 8.76. The van der Waals surface area contributed by atoms with Crippen molar-refractivity contribution in [3.63, 3.8) is 0 Å². The number of halogens is 1. The second-order valence-corrected chi connectivity index (χ2v) is 4.05. The minimum atomic E-state index is 0.692. The quantitative estimate of drug-likeness (QED) is 0.837. The van der Waals surface area contributed by atoms with Crippen molar-refractivity contribution >= 4 is 26.9 Å². The third kappa shape index (κ3) is 1.59. The van der Waals surface area contributed by atoms with Gasteiger partial charge in [0.15, 0.2) is 17.1 Å². The number of rotatable bonds is 2. The van der Waals surface area contributed by atoms with E-state index in [4.69, 9.17) is 13.9 Å². The summed E-state index contributed by atoms with van der Waals surface area (Å²) in [6.45, 7) is 1.90. The number of hydrogen-bond donors (Lipinski definition) is 0. The highest BCUT2D eigenvalue weighted by molar-refractivity contribution is 9.10. The van der Waals surface area contributed by atoms with Gasteiger partial charge in [0, 0.05) is 6.07 Å². The van der Waals surface area contributed by atoms with Crippen molar-refractivity contribution < 1.29 is 13.9 Å². The van der Waals surface area contributed by atoms with E-state index in [1.54, 1.807) is 14.2 Å². The molecule has 0 bridgehead atoms. The van der Waals surface area contributed by atoms with Crippen molar-refractivity contribution in [1.82, 2.24) is 0 Å². The van der Waals surface area contributed by atoms with E-state index >= 15 is 0 Å². The van der Waals surface area contributed by atoms with Crippen molar-refractivity contribution in [2.24, 2.45) is 0 Å². The summed E-state index contributed by atoms with van der Waals surface area (Å²) in [5.74, 6) is 2.24. The van der Waals surface area contributed by atoms with Crippen LogP contribution in [-0.4, -0.2) is 14.2 Å². The van der Waals surface area contributed by atoms with Gasteiger partial charge in [-0.2, -0.15) is 0 Å². The van der Waals surface area contributed by atoms with Crippen LogP contribution in [0.1, 0.15) is 5.76 Å². The Morgan fingerprint density at radius 1 is 1.20 bits per heavy atom. The molecule has 4 heteroatoms. The van der Waals surface area contributed by atoms with Gasteiger partial charge in [-0.25, -0.2) is 0 Å². The van der Waals surface area contributed by atoms with Gasteiger partial charge < -0.3 is 13.9 Å². The Balaban J connectivity index is 2.84. The van der Waals surface area contributed by atoms with Crippen LogP contribution in [0.2, 0.25) is 0 Å². The summed E-state index contributed by atoms with van der Waals surface area (Å²) in [6.07, 6.45) is 0. The summed E-state index contributed by atoms with van der Waals surface area (Å²) < 4.78 is 17.0. The molecule has 0 amide bonds. The van der Waals surface area contributed by atoms with Crippen LogP contribution >= 0.6 is 15.9 Å². The van der Waals surface area contributed by atoms with Gasteiger partial charge in [-0.3, -0.25) is 0 Å². The normalized spacial score (nSPS) is 10.7. The number of benzene rings is 1. The highest BCUT2D eigenvalue weighted by Crippen LogP contribution is 2.41. The van der Waals surface area contributed by atoms with Gasteiger partial charge in [0.25, 0.3) is 0 Å². The molecule has 0 N–H and O–H groups in total. The molecule has 80 valence electrons. The average molecular weight is 271 g/mol. The van der Waals surface area contributed by atoms with Crippen molar-refractivity contribution in [1.29, 1.82) is 0 Å². The molecular formula is C11H11BrO3. The van der Waals surface area contributed by atoms with Crippen molar-refractivity contribution in [2.75, 3.05) is 14.2 Å². The molecule has 0 saturated carbocycles. The van der Waals surface area contributed by atoms with Gasteiger partial charge in [-0.05, 0) is 28.9 Å². The lowest BCUT2D eigenvalue weighted by atomic mass is 10.2. The molecular weight excluding hydrogens is 260 g/mol. The Labute approximate surface area is 96.1 Å². The van der Waals surface area contributed by atoms with Gasteiger partial charge in [0.1, 0.15) is 5.76 Å². The maximum absolute atomic E-state index is 5.56. The number of hydrogen-bond acceptors (Lipinski definition) is 3. The maximum Gasteiger partial charge on any atom is 0.171 e. The predicted octanol–water partition coefficient (Wildman–Crippen LogP) is 3.52. The van der Waals surface area contributed by atoms with Crippen LogP contribution in [0.15, 0.2) is 21.0 Å². The van der Waals surface area contributed by atoms with Crippen LogP contribution in [0.25, 0.3) is 11.0 Å². The molecule has 1 aromatic heterocycles. The molecule has 0 unspecified atom stereocenters. The number of aryl methyl sites for hydroxylation is 1. The topological polar surface area (TPSA) is 31.6 Å². The molecule has 2 rings (SSSR count). The van der Waals surface area contributed by atoms with Crippen LogP contribution in [0.5, 0.6) is 11.5 Å². The molecule has 0 spiro atoms. The Morgan fingerprint density at radius 3 is 2.53 bits per heavy atom. The summed E-state index contributed by atoms with van der Waals surface area (Å²) in [4.78, 5) is 0. The van der Waals surface area contributed by atoms with E-state index in [0.717, 1.165) is 21.2 Å². The van der Waals surface area contributed by atoms with Crippen LogP contribution in [0.4, 0.5) is 0 Å². The minimum absolute atomic E-state index is 0.692. The molecule has 0 atom stereocenters. The summed E-state index contributed by atoms with van der Waals surface area (Å²) in [6, 6.07) is 3.77. The monoisotopic (exact) mass is 270 g/mol. The van der Waals surface area contributed by atoms with E-state index in [0.29, 0.717) is 11.5 Å². The maximum atomic E-state index is 5.56. The van der Waals surface area contributed by atoms with E-state index in [-0.39, 0.29) is 0 Å². The zero-order valence-corrected chi connectivity index (χ0v) is 10.3. The first-order valence-corrected chi connectivity index (χ1v) is 5.27. The smallest absolute Gasteiger partial charge is 0.171 e. The Bertz CT molecular complexity index is 502. The third-order valence-electron chi connectivity index (χ3n) is 2.22. The molecule has 15 heavy (non-hydrogen) atoms. The first-order valence-electron chi connectivity index (χ1n) is 4.48. The van der Waals surface area contributed by atoms with Gasteiger partial charge in [-0.1, -0.05) is 0 Å². The fourth-order valence-electron chi connectivity index (χ4n) is 1.60. The lowest BCUT2D eigenvalue weighted by Crippen LogP contribution is -1.90. The lowest BCUT2D eigenvalue weighted by molar-refractivity contribution is 0.358. The highest BCUT2D eigenvalue weighted by Gasteiger charge is 2.15. The van der Waals surface area contributed by atoms with Gasteiger partial charge in [0.2, 0.25) is 0 Å². The molecule has 0 aliphatic carbocycles. The van der Waals surface area contributed by atoms with Crippen LogP contribution < -0.4 is 9.47 Å². The average Bonchev–Trinajstić information content (AvgIpc) is 2.60. The van der Waals surface area contributed by atoms with Crippen molar-refractivity contribution in [3.8, 4) is 11.5 Å². The van der Waals surface area contributed by atoms with Crippen LogP contribution in [-0.2, 0) is 0 Å². The Hall–Kier alpha value is -1.16. The molecule has 1 heterocycles. The predicted molar refractivity (Wildman–Crippen MR) is 61.8 cm³/mol. The number of ether oxygens (including phenoxy) is 2. The molecule has 0 aliphatic rings. The largest absolute Gasteiger partial charge is 0.493 e. The number of furan rings is 1. The SMILES string of the molecule is COc1cc(Br)c2oc(C)cc2c1OC. The van der Waals surface area contributed by atoms with Crippen molar-refractivity contribution in [2.45, 2.75) is 6.92 Å². The minimum Gasteiger partial charge on any atom is -0.493 e. The standard InChI is InChI=1S/C11H11BrO3/c1-6-4-7-10(15-6)8(12)5-9(13-2)11(7)14-3/h4-5H,1-3H3. The van der Waals surface area contributed by atoms with Crippen LogP contribution in [0, 0.1) is 6.92 Å². The fraction of sp³-hybridized carbons (Fsp3) is 0.273. The van der Waals surface area contributed by atoms with Gasteiger partial charge >= 0.3 is 0 Å². The molecule has 0 fully saturated rings.